The number of rotatable bonds is 6. The second kappa shape index (κ2) is 20.6. The highest BCUT2D eigenvalue weighted by Crippen LogP contribution is 2.23. The molecule has 3 heterocycles. The summed E-state index contributed by atoms with van der Waals surface area (Å²) in [7, 11) is 0. The van der Waals surface area contributed by atoms with Crippen LogP contribution in [0.5, 0.6) is 0 Å². The first-order valence-electron chi connectivity index (χ1n) is 16.5. The van der Waals surface area contributed by atoms with Crippen LogP contribution in [-0.2, 0) is 28.6 Å². The molecule has 3 amide bonds. The Morgan fingerprint density at radius 2 is 0.784 bits per heavy atom. The number of anilines is 3. The van der Waals surface area contributed by atoms with Gasteiger partial charge in [-0.3, -0.25) is 14.4 Å². The van der Waals surface area contributed by atoms with Gasteiger partial charge < -0.3 is 30.2 Å². The van der Waals surface area contributed by atoms with Gasteiger partial charge in [0.1, 0.15) is 17.5 Å². The lowest BCUT2D eigenvalue weighted by molar-refractivity contribution is -0.124. The molecule has 3 fully saturated rings. The molecule has 276 valence electrons. The van der Waals surface area contributed by atoms with Crippen LogP contribution in [0.3, 0.4) is 0 Å². The fourth-order valence-electron chi connectivity index (χ4n) is 5.30. The lowest BCUT2D eigenvalue weighted by Gasteiger charge is -2.21. The van der Waals surface area contributed by atoms with Gasteiger partial charge in [-0.25, -0.2) is 13.2 Å². The number of hydrogen-bond acceptors (Lipinski definition) is 6. The van der Waals surface area contributed by atoms with E-state index in [-0.39, 0.29) is 50.5 Å². The third kappa shape index (κ3) is 13.3. The molecule has 6 rings (SSSR count). The Bertz CT molecular complexity index is 1450. The van der Waals surface area contributed by atoms with Crippen molar-refractivity contribution in [2.75, 3.05) is 55.6 Å². The monoisotopic (exact) mass is 771 g/mol. The predicted molar refractivity (Wildman–Crippen MR) is 191 cm³/mol. The van der Waals surface area contributed by atoms with Gasteiger partial charge in [-0.1, -0.05) is 34.8 Å². The molecule has 1 unspecified atom stereocenters. The number of carbonyl (C=O) groups is 3. The topological polar surface area (TPSA) is 115 Å². The Kier molecular flexibility index (Phi) is 16.3. The molecule has 0 spiro atoms. The SMILES string of the molecule is O=C(Nc1ccc(Cl)c(F)c1)C1CCCOC1.O=C(Nc1ccc(Cl)c(F)c1)[C@@H]1CCCOC1.O=C(Nc1ccc(Cl)c(F)c1)[C@H]1CCCOC1. The third-order valence-corrected chi connectivity index (χ3v) is 9.07. The standard InChI is InChI=1S/3C12H13ClFNO2/c3*13-10-4-3-9(6-11(10)14)15-12(16)8-2-1-5-17-7-8/h3*3-4,6,8H,1-2,5,7H2,(H,15,16)/t2*8-;/m10./s1. The Hall–Kier alpha value is -3.39. The van der Waals surface area contributed by atoms with E-state index in [4.69, 9.17) is 49.0 Å². The maximum atomic E-state index is 13.2. The van der Waals surface area contributed by atoms with Crippen molar-refractivity contribution >= 4 is 69.6 Å². The molecule has 3 N–H and O–H groups in total. The van der Waals surface area contributed by atoms with E-state index in [2.05, 4.69) is 16.0 Å². The van der Waals surface area contributed by atoms with E-state index in [1.165, 1.54) is 36.4 Å². The van der Waals surface area contributed by atoms with Crippen LogP contribution < -0.4 is 16.0 Å². The van der Waals surface area contributed by atoms with Gasteiger partial charge in [-0.2, -0.15) is 0 Å². The Morgan fingerprint density at radius 3 is 1.00 bits per heavy atom. The van der Waals surface area contributed by atoms with E-state index < -0.39 is 17.5 Å². The van der Waals surface area contributed by atoms with E-state index >= 15 is 0 Å². The van der Waals surface area contributed by atoms with E-state index in [1.807, 2.05) is 0 Å². The van der Waals surface area contributed by atoms with Crippen molar-refractivity contribution in [2.24, 2.45) is 17.8 Å². The summed E-state index contributed by atoms with van der Waals surface area (Å²) in [5, 5.41) is 8.12. The summed E-state index contributed by atoms with van der Waals surface area (Å²) in [6, 6.07) is 12.6. The van der Waals surface area contributed by atoms with Crippen LogP contribution in [0, 0.1) is 35.2 Å². The predicted octanol–water partition coefficient (Wildman–Crippen LogP) is 8.53. The lowest BCUT2D eigenvalue weighted by atomic mass is 10.0. The second-order valence-electron chi connectivity index (χ2n) is 12.1. The highest BCUT2D eigenvalue weighted by molar-refractivity contribution is 6.31. The largest absolute Gasteiger partial charge is 0.381 e. The van der Waals surface area contributed by atoms with Gasteiger partial charge in [0.2, 0.25) is 17.7 Å². The molecule has 0 aliphatic carbocycles. The molecule has 15 heteroatoms. The van der Waals surface area contributed by atoms with Gasteiger partial charge in [0.15, 0.2) is 0 Å². The van der Waals surface area contributed by atoms with Crippen LogP contribution in [-0.4, -0.2) is 57.4 Å². The molecular formula is C36H39Cl3F3N3O6. The van der Waals surface area contributed by atoms with Crippen molar-refractivity contribution in [1.29, 1.82) is 0 Å². The van der Waals surface area contributed by atoms with E-state index in [0.29, 0.717) is 56.7 Å². The molecule has 3 atom stereocenters. The van der Waals surface area contributed by atoms with E-state index in [0.717, 1.165) is 38.5 Å². The first-order valence-corrected chi connectivity index (χ1v) is 17.6. The van der Waals surface area contributed by atoms with Crippen LogP contribution in [0.25, 0.3) is 0 Å². The van der Waals surface area contributed by atoms with Crippen LogP contribution in [0.2, 0.25) is 15.1 Å². The summed E-state index contributed by atoms with van der Waals surface area (Å²) >= 11 is 16.7. The number of halogens is 6. The molecule has 3 aliphatic heterocycles. The molecule has 0 radical (unpaired) electrons. The maximum absolute atomic E-state index is 13.2. The van der Waals surface area contributed by atoms with Crippen molar-refractivity contribution < 1.29 is 41.8 Å². The fraction of sp³-hybridized carbons (Fsp3) is 0.417. The average molecular weight is 773 g/mol. The number of hydrogen-bond donors (Lipinski definition) is 3. The molecule has 0 bridgehead atoms. The molecular weight excluding hydrogens is 734 g/mol. The Morgan fingerprint density at radius 1 is 0.510 bits per heavy atom. The molecule has 3 saturated heterocycles. The van der Waals surface area contributed by atoms with Gasteiger partial charge in [-0.15, -0.1) is 0 Å². The zero-order valence-corrected chi connectivity index (χ0v) is 29.9. The number of amides is 3. The minimum Gasteiger partial charge on any atom is -0.381 e. The summed E-state index contributed by atoms with van der Waals surface area (Å²) in [5.74, 6) is -2.46. The smallest absolute Gasteiger partial charge is 0.229 e. The van der Waals surface area contributed by atoms with E-state index in [1.54, 1.807) is 18.2 Å². The molecule has 0 aromatic heterocycles. The minimum absolute atomic E-state index is 0.0454. The first-order chi connectivity index (χ1) is 24.5. The normalized spacial score (nSPS) is 20.0. The number of carbonyl (C=O) groups excluding carboxylic acids is 3. The second-order valence-corrected chi connectivity index (χ2v) is 13.3. The number of nitrogens with one attached hydrogen (secondary N) is 3. The zero-order valence-electron chi connectivity index (χ0n) is 27.6. The quantitative estimate of drug-likeness (QED) is 0.232. The van der Waals surface area contributed by atoms with Crippen LogP contribution >= 0.6 is 34.8 Å². The average Bonchev–Trinajstić information content (AvgIpc) is 3.14. The van der Waals surface area contributed by atoms with Crippen molar-refractivity contribution in [3.63, 3.8) is 0 Å². The van der Waals surface area contributed by atoms with Gasteiger partial charge in [-0.05, 0) is 93.1 Å². The molecule has 9 nitrogen and oxygen atoms in total. The fourth-order valence-corrected chi connectivity index (χ4v) is 5.65. The van der Waals surface area contributed by atoms with Crippen molar-refractivity contribution in [2.45, 2.75) is 38.5 Å². The van der Waals surface area contributed by atoms with Gasteiger partial charge in [0, 0.05) is 36.9 Å². The van der Waals surface area contributed by atoms with Crippen molar-refractivity contribution in [3.8, 4) is 0 Å². The Balaban J connectivity index is 0.000000172. The Labute approximate surface area is 309 Å². The summed E-state index contributed by atoms with van der Waals surface area (Å²) < 4.78 is 55.2. The summed E-state index contributed by atoms with van der Waals surface area (Å²) in [6.45, 7) is 3.42. The highest BCUT2D eigenvalue weighted by atomic mass is 35.5. The van der Waals surface area contributed by atoms with Crippen molar-refractivity contribution in [3.05, 3.63) is 87.1 Å². The van der Waals surface area contributed by atoms with Gasteiger partial charge in [0.05, 0.1) is 52.6 Å². The molecule has 3 aromatic carbocycles. The van der Waals surface area contributed by atoms with Gasteiger partial charge >= 0.3 is 0 Å². The molecule has 51 heavy (non-hydrogen) atoms. The summed E-state index contributed by atoms with van der Waals surface area (Å²) in [5.41, 5.74) is 1.26. The van der Waals surface area contributed by atoms with Crippen LogP contribution in [0.1, 0.15) is 38.5 Å². The lowest BCUT2D eigenvalue weighted by Crippen LogP contribution is -2.30. The number of benzene rings is 3. The maximum Gasteiger partial charge on any atom is 0.229 e. The van der Waals surface area contributed by atoms with E-state index in [9.17, 15) is 27.6 Å². The third-order valence-electron chi connectivity index (χ3n) is 8.15. The van der Waals surface area contributed by atoms with Gasteiger partial charge in [0.25, 0.3) is 0 Å². The number of ether oxygens (including phenoxy) is 3. The molecule has 3 aromatic rings. The molecule has 3 aliphatic rings. The first kappa shape index (κ1) is 40.4. The highest BCUT2D eigenvalue weighted by Gasteiger charge is 2.24. The van der Waals surface area contributed by atoms with Crippen LogP contribution in [0.4, 0.5) is 30.2 Å². The molecule has 0 saturated carbocycles. The summed E-state index contributed by atoms with van der Waals surface area (Å²) in [6.07, 6.45) is 5.07. The summed E-state index contributed by atoms with van der Waals surface area (Å²) in [4.78, 5) is 35.5. The van der Waals surface area contributed by atoms with Crippen molar-refractivity contribution in [1.82, 2.24) is 0 Å². The zero-order chi connectivity index (χ0) is 36.8. The van der Waals surface area contributed by atoms with Crippen LogP contribution in [0.15, 0.2) is 54.6 Å². The minimum atomic E-state index is -0.538.